The van der Waals surface area contributed by atoms with Gasteiger partial charge in [-0.3, -0.25) is 4.79 Å². The molecule has 0 spiro atoms. The van der Waals surface area contributed by atoms with Crippen molar-refractivity contribution in [1.82, 2.24) is 5.32 Å². The smallest absolute Gasteiger partial charge is 0.252 e. The van der Waals surface area contributed by atoms with Gasteiger partial charge in [-0.05, 0) is 52.6 Å². The van der Waals surface area contributed by atoms with Crippen molar-refractivity contribution in [2.45, 2.75) is 26.3 Å². The van der Waals surface area contributed by atoms with Crippen LogP contribution in [0.1, 0.15) is 42.2 Å². The molecule has 1 N–H and O–H groups in total. The molecule has 2 aromatic carbocycles. The van der Waals surface area contributed by atoms with Crippen LogP contribution in [0.5, 0.6) is 0 Å². The van der Waals surface area contributed by atoms with E-state index in [0.29, 0.717) is 5.92 Å². The van der Waals surface area contributed by atoms with Crippen LogP contribution in [0.2, 0.25) is 0 Å². The summed E-state index contributed by atoms with van der Waals surface area (Å²) in [6.07, 6.45) is 0.930. The van der Waals surface area contributed by atoms with Crippen molar-refractivity contribution in [2.75, 3.05) is 0 Å². The van der Waals surface area contributed by atoms with E-state index in [-0.39, 0.29) is 11.9 Å². The van der Waals surface area contributed by atoms with Crippen LogP contribution in [0.25, 0.3) is 0 Å². The van der Waals surface area contributed by atoms with Crippen molar-refractivity contribution in [2.24, 2.45) is 5.92 Å². The lowest BCUT2D eigenvalue weighted by Crippen LogP contribution is -2.30. The minimum absolute atomic E-state index is 0.00509. The maximum atomic E-state index is 12.5. The summed E-state index contributed by atoms with van der Waals surface area (Å²) in [5, 5.41) is 3.18. The summed E-state index contributed by atoms with van der Waals surface area (Å²) in [7, 11) is 0. The largest absolute Gasteiger partial charge is 0.345 e. The predicted octanol–water partition coefficient (Wildman–Crippen LogP) is 4.81. The van der Waals surface area contributed by atoms with Crippen LogP contribution in [0, 0.1) is 9.49 Å². The molecule has 0 aliphatic heterocycles. The average molecular weight is 393 g/mol. The molecule has 0 heterocycles. The molecule has 110 valence electrons. The van der Waals surface area contributed by atoms with E-state index in [1.165, 1.54) is 0 Å². The number of carbonyl (C=O) groups is 1. The topological polar surface area (TPSA) is 29.1 Å². The third-order valence-electron chi connectivity index (χ3n) is 3.33. The molecular formula is C18H20INO. The minimum Gasteiger partial charge on any atom is -0.345 e. The van der Waals surface area contributed by atoms with Crippen molar-refractivity contribution >= 4 is 28.5 Å². The molecule has 1 atom stereocenters. The second kappa shape index (κ2) is 7.59. The molecule has 3 heteroatoms. The fraction of sp³-hybridized carbons (Fsp3) is 0.278. The number of halogens is 1. The van der Waals surface area contributed by atoms with E-state index in [9.17, 15) is 4.79 Å². The van der Waals surface area contributed by atoms with Gasteiger partial charge in [-0.15, -0.1) is 0 Å². The lowest BCUT2D eigenvalue weighted by atomic mass is 9.96. The fourth-order valence-electron chi connectivity index (χ4n) is 2.32. The van der Waals surface area contributed by atoms with E-state index < -0.39 is 0 Å². The highest BCUT2D eigenvalue weighted by Gasteiger charge is 2.18. The van der Waals surface area contributed by atoms with Gasteiger partial charge in [0, 0.05) is 3.57 Å². The van der Waals surface area contributed by atoms with Crippen molar-refractivity contribution in [3.63, 3.8) is 0 Å². The summed E-state index contributed by atoms with van der Waals surface area (Å²) in [5.74, 6) is 0.514. The van der Waals surface area contributed by atoms with E-state index >= 15 is 0 Å². The molecule has 0 saturated heterocycles. The van der Waals surface area contributed by atoms with E-state index in [0.717, 1.165) is 21.1 Å². The Bertz CT molecular complexity index is 595. The molecule has 1 amide bonds. The average Bonchev–Trinajstić information content (AvgIpc) is 2.47. The Morgan fingerprint density at radius 3 is 2.29 bits per heavy atom. The molecule has 0 radical (unpaired) electrons. The summed E-state index contributed by atoms with van der Waals surface area (Å²) < 4.78 is 0.976. The Morgan fingerprint density at radius 2 is 1.67 bits per heavy atom. The van der Waals surface area contributed by atoms with Crippen molar-refractivity contribution in [3.8, 4) is 0 Å². The van der Waals surface area contributed by atoms with Gasteiger partial charge in [-0.25, -0.2) is 0 Å². The fourth-order valence-corrected chi connectivity index (χ4v) is 2.95. The monoisotopic (exact) mass is 393 g/mol. The first-order valence-corrected chi connectivity index (χ1v) is 8.26. The molecular weight excluding hydrogens is 373 g/mol. The summed E-state index contributed by atoms with van der Waals surface area (Å²) in [4.78, 5) is 12.5. The van der Waals surface area contributed by atoms with Crippen molar-refractivity contribution in [3.05, 3.63) is 69.3 Å². The highest BCUT2D eigenvalue weighted by Crippen LogP contribution is 2.22. The summed E-state index contributed by atoms with van der Waals surface area (Å²) in [5.41, 5.74) is 1.90. The summed E-state index contributed by atoms with van der Waals surface area (Å²) in [6.45, 7) is 4.35. The molecule has 0 aromatic heterocycles. The van der Waals surface area contributed by atoms with Crippen LogP contribution < -0.4 is 5.32 Å². The highest BCUT2D eigenvalue weighted by molar-refractivity contribution is 14.1. The van der Waals surface area contributed by atoms with Gasteiger partial charge in [0.1, 0.15) is 0 Å². The Morgan fingerprint density at radius 1 is 1.05 bits per heavy atom. The maximum Gasteiger partial charge on any atom is 0.252 e. The highest BCUT2D eigenvalue weighted by atomic mass is 127. The minimum atomic E-state index is -0.00509. The van der Waals surface area contributed by atoms with Gasteiger partial charge >= 0.3 is 0 Å². The van der Waals surface area contributed by atoms with Gasteiger partial charge in [0.25, 0.3) is 5.91 Å². The third-order valence-corrected chi connectivity index (χ3v) is 4.27. The van der Waals surface area contributed by atoms with Crippen molar-refractivity contribution < 1.29 is 4.79 Å². The number of hydrogen-bond acceptors (Lipinski definition) is 1. The molecule has 0 aliphatic rings. The molecule has 0 bridgehead atoms. The zero-order chi connectivity index (χ0) is 15.2. The lowest BCUT2D eigenvalue weighted by Gasteiger charge is -2.21. The molecule has 2 nitrogen and oxygen atoms in total. The Hall–Kier alpha value is -1.36. The number of carbonyl (C=O) groups excluding carboxylic acids is 1. The first-order valence-electron chi connectivity index (χ1n) is 7.18. The van der Waals surface area contributed by atoms with Crippen LogP contribution in [0.15, 0.2) is 54.6 Å². The van der Waals surface area contributed by atoms with Crippen molar-refractivity contribution in [1.29, 1.82) is 0 Å². The first-order chi connectivity index (χ1) is 10.1. The van der Waals surface area contributed by atoms with E-state index in [4.69, 9.17) is 0 Å². The number of rotatable bonds is 5. The maximum absolute atomic E-state index is 12.5. The molecule has 2 rings (SSSR count). The number of amides is 1. The lowest BCUT2D eigenvalue weighted by molar-refractivity contribution is 0.0931. The second-order valence-electron chi connectivity index (χ2n) is 5.55. The summed E-state index contributed by atoms with van der Waals surface area (Å²) >= 11 is 2.20. The number of nitrogens with one attached hydrogen (secondary N) is 1. The molecule has 0 fully saturated rings. The number of hydrogen-bond donors (Lipinski definition) is 1. The van der Waals surface area contributed by atoms with Gasteiger partial charge in [0.2, 0.25) is 0 Å². The SMILES string of the molecule is CC(C)C[C@H](NC(=O)c1ccccc1I)c1ccccc1. The molecule has 2 aromatic rings. The van der Waals surface area contributed by atoms with Gasteiger partial charge in [-0.1, -0.05) is 56.3 Å². The Labute approximate surface area is 140 Å². The van der Waals surface area contributed by atoms with Gasteiger partial charge in [0.05, 0.1) is 11.6 Å². The standard InChI is InChI=1S/C18H20INO/c1-13(2)12-17(14-8-4-3-5-9-14)20-18(21)15-10-6-7-11-16(15)19/h3-11,13,17H,12H2,1-2H3,(H,20,21)/t17-/m0/s1. The predicted molar refractivity (Wildman–Crippen MR) is 95.3 cm³/mol. The first kappa shape index (κ1) is 16.0. The third kappa shape index (κ3) is 4.56. The number of benzene rings is 2. The van der Waals surface area contributed by atoms with E-state index in [2.05, 4.69) is 53.9 Å². The summed E-state index contributed by atoms with van der Waals surface area (Å²) in [6, 6.07) is 17.9. The van der Waals surface area contributed by atoms with Crippen LogP contribution in [0.3, 0.4) is 0 Å². The molecule has 21 heavy (non-hydrogen) atoms. The van der Waals surface area contributed by atoms with E-state index in [1.54, 1.807) is 0 Å². The van der Waals surface area contributed by atoms with Crippen LogP contribution in [0.4, 0.5) is 0 Å². The molecule has 0 unspecified atom stereocenters. The van der Waals surface area contributed by atoms with Crippen LogP contribution in [-0.2, 0) is 0 Å². The second-order valence-corrected chi connectivity index (χ2v) is 6.71. The van der Waals surface area contributed by atoms with Gasteiger partial charge in [-0.2, -0.15) is 0 Å². The Balaban J connectivity index is 2.19. The molecule has 0 aliphatic carbocycles. The van der Waals surface area contributed by atoms with Crippen LogP contribution >= 0.6 is 22.6 Å². The van der Waals surface area contributed by atoms with E-state index in [1.807, 2.05) is 42.5 Å². The zero-order valence-corrected chi connectivity index (χ0v) is 14.5. The van der Waals surface area contributed by atoms with Gasteiger partial charge in [0.15, 0.2) is 0 Å². The van der Waals surface area contributed by atoms with Crippen LogP contribution in [-0.4, -0.2) is 5.91 Å². The normalized spacial score (nSPS) is 12.2. The van der Waals surface area contributed by atoms with Gasteiger partial charge < -0.3 is 5.32 Å². The quantitative estimate of drug-likeness (QED) is 0.726. The molecule has 0 saturated carbocycles. The zero-order valence-electron chi connectivity index (χ0n) is 12.3. The Kier molecular flexibility index (Phi) is 5.79.